The Morgan fingerprint density at radius 3 is 2.65 bits per heavy atom. The highest BCUT2D eigenvalue weighted by Gasteiger charge is 2.35. The van der Waals surface area contributed by atoms with Crippen LogP contribution in [0.1, 0.15) is 5.56 Å². The Balaban J connectivity index is 1.65. The number of benzene rings is 1. The maximum atomic E-state index is 13.1. The fraction of sp³-hybridized carbons (Fsp3) is 0.538. The fourth-order valence-corrected chi connectivity index (χ4v) is 3.40. The first-order valence-corrected chi connectivity index (χ1v) is 6.88. The van der Waals surface area contributed by atoms with Crippen LogP contribution >= 0.6 is 15.9 Å². The molecule has 1 aromatic rings. The Morgan fingerprint density at radius 1 is 1.29 bits per heavy atom. The van der Waals surface area contributed by atoms with Gasteiger partial charge in [0.2, 0.25) is 0 Å². The summed E-state index contributed by atoms with van der Waals surface area (Å²) in [6.07, 6.45) is 0. The molecule has 3 rings (SSSR count). The van der Waals surface area contributed by atoms with E-state index in [4.69, 9.17) is 0 Å². The third kappa shape index (κ3) is 2.39. The van der Waals surface area contributed by atoms with Gasteiger partial charge >= 0.3 is 0 Å². The molecule has 2 saturated heterocycles. The lowest BCUT2D eigenvalue weighted by molar-refractivity contribution is 0.305. The van der Waals surface area contributed by atoms with Crippen molar-refractivity contribution in [2.24, 2.45) is 11.8 Å². The smallest absolute Gasteiger partial charge is 0.137 e. The largest absolute Gasteiger partial charge is 0.316 e. The van der Waals surface area contributed by atoms with Gasteiger partial charge < -0.3 is 5.32 Å². The van der Waals surface area contributed by atoms with Gasteiger partial charge in [0.15, 0.2) is 0 Å². The van der Waals surface area contributed by atoms with E-state index in [0.717, 1.165) is 31.5 Å². The molecule has 0 bridgehead atoms. The molecule has 2 nitrogen and oxygen atoms in total. The van der Waals surface area contributed by atoms with E-state index in [1.54, 1.807) is 0 Å². The summed E-state index contributed by atoms with van der Waals surface area (Å²) in [6.45, 7) is 5.60. The zero-order chi connectivity index (χ0) is 11.8. The van der Waals surface area contributed by atoms with Crippen LogP contribution in [-0.2, 0) is 6.54 Å². The predicted molar refractivity (Wildman–Crippen MR) is 69.2 cm³/mol. The molecule has 2 aliphatic heterocycles. The van der Waals surface area contributed by atoms with Crippen molar-refractivity contribution in [3.63, 3.8) is 0 Å². The Morgan fingerprint density at radius 2 is 2.00 bits per heavy atom. The summed E-state index contributed by atoms with van der Waals surface area (Å²) in [7, 11) is 0. The summed E-state index contributed by atoms with van der Waals surface area (Å²) >= 11 is 3.24. The summed E-state index contributed by atoms with van der Waals surface area (Å²) in [5, 5.41) is 3.44. The van der Waals surface area contributed by atoms with Crippen LogP contribution in [0.4, 0.5) is 4.39 Å². The van der Waals surface area contributed by atoms with Crippen molar-refractivity contribution in [3.05, 3.63) is 34.1 Å². The minimum absolute atomic E-state index is 0.184. The molecule has 92 valence electrons. The van der Waals surface area contributed by atoms with Crippen molar-refractivity contribution >= 4 is 15.9 Å². The topological polar surface area (TPSA) is 15.3 Å². The Kier molecular flexibility index (Phi) is 3.19. The lowest BCUT2D eigenvalue weighted by Gasteiger charge is -2.17. The Hall–Kier alpha value is -0.450. The molecular formula is C13H16BrFN2. The molecule has 0 amide bonds. The van der Waals surface area contributed by atoms with Gasteiger partial charge in [-0.05, 0) is 58.6 Å². The molecule has 0 aliphatic carbocycles. The van der Waals surface area contributed by atoms with E-state index in [2.05, 4.69) is 26.1 Å². The molecule has 0 aromatic heterocycles. The van der Waals surface area contributed by atoms with E-state index in [1.807, 2.05) is 12.1 Å². The van der Waals surface area contributed by atoms with E-state index >= 15 is 0 Å². The van der Waals surface area contributed by atoms with Crippen LogP contribution in [0, 0.1) is 17.7 Å². The van der Waals surface area contributed by atoms with Gasteiger partial charge in [0.1, 0.15) is 5.82 Å². The second-order valence-corrected chi connectivity index (χ2v) is 5.98. The lowest BCUT2D eigenvalue weighted by atomic mass is 10.0. The molecule has 1 N–H and O–H groups in total. The second kappa shape index (κ2) is 4.67. The zero-order valence-corrected chi connectivity index (χ0v) is 11.2. The van der Waals surface area contributed by atoms with Gasteiger partial charge in [-0.2, -0.15) is 0 Å². The Bertz CT molecular complexity index is 412. The van der Waals surface area contributed by atoms with Crippen molar-refractivity contribution in [2.45, 2.75) is 6.54 Å². The molecule has 0 saturated carbocycles. The molecule has 0 spiro atoms. The van der Waals surface area contributed by atoms with Crippen LogP contribution < -0.4 is 5.32 Å². The van der Waals surface area contributed by atoms with E-state index < -0.39 is 0 Å². The van der Waals surface area contributed by atoms with Crippen LogP contribution in [0.25, 0.3) is 0 Å². The Labute approximate surface area is 109 Å². The van der Waals surface area contributed by atoms with Gasteiger partial charge in [-0.1, -0.05) is 6.07 Å². The van der Waals surface area contributed by atoms with E-state index in [9.17, 15) is 4.39 Å². The monoisotopic (exact) mass is 298 g/mol. The molecule has 2 atom stereocenters. The number of fused-ring (bicyclic) bond motifs is 1. The number of hydrogen-bond acceptors (Lipinski definition) is 2. The number of nitrogens with one attached hydrogen (secondary N) is 1. The van der Waals surface area contributed by atoms with Gasteiger partial charge in [-0.15, -0.1) is 0 Å². The maximum absolute atomic E-state index is 13.1. The van der Waals surface area contributed by atoms with Crippen LogP contribution in [0.3, 0.4) is 0 Å². The standard InChI is InChI=1S/C13H16BrFN2/c14-12-3-9(1-2-13(12)15)6-17-7-10-4-16-5-11(10)8-17/h1-3,10-11,16H,4-8H2. The van der Waals surface area contributed by atoms with Crippen LogP contribution in [0.2, 0.25) is 0 Å². The van der Waals surface area contributed by atoms with Crippen LogP contribution in [0.15, 0.2) is 22.7 Å². The molecule has 1 aromatic carbocycles. The summed E-state index contributed by atoms with van der Waals surface area (Å²) in [4.78, 5) is 2.48. The number of hydrogen-bond donors (Lipinski definition) is 1. The number of likely N-dealkylation sites (tertiary alicyclic amines) is 1. The highest BCUT2D eigenvalue weighted by Crippen LogP contribution is 2.28. The van der Waals surface area contributed by atoms with E-state index in [0.29, 0.717) is 4.47 Å². The van der Waals surface area contributed by atoms with Crippen molar-refractivity contribution in [2.75, 3.05) is 26.2 Å². The highest BCUT2D eigenvalue weighted by molar-refractivity contribution is 9.10. The molecule has 4 heteroatoms. The normalized spacial score (nSPS) is 28.6. The third-order valence-corrected chi connectivity index (χ3v) is 4.46. The predicted octanol–water partition coefficient (Wildman–Crippen LogP) is 2.24. The first kappa shape index (κ1) is 11.6. The number of rotatable bonds is 2. The zero-order valence-electron chi connectivity index (χ0n) is 9.63. The van der Waals surface area contributed by atoms with Crippen LogP contribution in [-0.4, -0.2) is 31.1 Å². The molecular weight excluding hydrogens is 283 g/mol. The highest BCUT2D eigenvalue weighted by atomic mass is 79.9. The van der Waals surface area contributed by atoms with E-state index in [1.165, 1.54) is 24.7 Å². The SMILES string of the molecule is Fc1ccc(CN2CC3CNCC3C2)cc1Br. The number of nitrogens with zero attached hydrogens (tertiary/aromatic N) is 1. The fourth-order valence-electron chi connectivity index (χ4n) is 2.98. The van der Waals surface area contributed by atoms with Crippen molar-refractivity contribution < 1.29 is 4.39 Å². The van der Waals surface area contributed by atoms with Crippen molar-refractivity contribution in [1.82, 2.24) is 10.2 Å². The summed E-state index contributed by atoms with van der Waals surface area (Å²) in [6, 6.07) is 5.31. The summed E-state index contributed by atoms with van der Waals surface area (Å²) in [5.74, 6) is 1.45. The lowest BCUT2D eigenvalue weighted by Crippen LogP contribution is -2.25. The minimum Gasteiger partial charge on any atom is -0.316 e. The average molecular weight is 299 g/mol. The van der Waals surface area contributed by atoms with Gasteiger partial charge in [-0.25, -0.2) is 4.39 Å². The van der Waals surface area contributed by atoms with E-state index in [-0.39, 0.29) is 5.82 Å². The quantitative estimate of drug-likeness (QED) is 0.901. The first-order chi connectivity index (χ1) is 8.22. The molecule has 17 heavy (non-hydrogen) atoms. The van der Waals surface area contributed by atoms with Crippen LogP contribution in [0.5, 0.6) is 0 Å². The number of halogens is 2. The maximum Gasteiger partial charge on any atom is 0.137 e. The van der Waals surface area contributed by atoms with Crippen molar-refractivity contribution in [1.29, 1.82) is 0 Å². The summed E-state index contributed by atoms with van der Waals surface area (Å²) in [5.41, 5.74) is 1.19. The van der Waals surface area contributed by atoms with Gasteiger partial charge in [0, 0.05) is 19.6 Å². The molecule has 0 radical (unpaired) electrons. The minimum atomic E-state index is -0.184. The average Bonchev–Trinajstić information content (AvgIpc) is 2.84. The van der Waals surface area contributed by atoms with Gasteiger partial charge in [0.05, 0.1) is 4.47 Å². The van der Waals surface area contributed by atoms with Gasteiger partial charge in [0.25, 0.3) is 0 Å². The van der Waals surface area contributed by atoms with Gasteiger partial charge in [-0.3, -0.25) is 4.90 Å². The molecule has 2 fully saturated rings. The molecule has 2 aliphatic rings. The molecule has 2 unspecified atom stereocenters. The third-order valence-electron chi connectivity index (χ3n) is 3.86. The molecule has 2 heterocycles. The second-order valence-electron chi connectivity index (χ2n) is 5.12. The van der Waals surface area contributed by atoms with Crippen molar-refractivity contribution in [3.8, 4) is 0 Å². The first-order valence-electron chi connectivity index (χ1n) is 6.09. The summed E-state index contributed by atoms with van der Waals surface area (Å²) < 4.78 is 13.7.